The summed E-state index contributed by atoms with van der Waals surface area (Å²) in [5.74, 6) is 0.361. The van der Waals surface area contributed by atoms with Gasteiger partial charge >= 0.3 is 11.9 Å². The molecule has 0 amide bonds. The number of carbonyl (C=O) groups excluding carboxylic acids is 2. The third kappa shape index (κ3) is 3.45. The zero-order chi connectivity index (χ0) is 16.9. The molecule has 7 heteroatoms. The van der Waals surface area contributed by atoms with Gasteiger partial charge in [0.15, 0.2) is 11.5 Å². The van der Waals surface area contributed by atoms with Gasteiger partial charge in [0, 0.05) is 11.8 Å². The second kappa shape index (κ2) is 6.99. The Hall–Kier alpha value is -3.09. The summed E-state index contributed by atoms with van der Waals surface area (Å²) in [6, 6.07) is 8.61. The topological polar surface area (TPSA) is 84.0 Å². The maximum Gasteiger partial charge on any atom is 0.338 e. The first-order chi connectivity index (χ1) is 11.7. The summed E-state index contributed by atoms with van der Waals surface area (Å²) in [5.41, 5.74) is 1.75. The number of hydrogen-bond acceptors (Lipinski definition) is 7. The lowest BCUT2D eigenvalue weighted by Crippen LogP contribution is -2.11. The lowest BCUT2D eigenvalue weighted by molar-refractivity contribution is -0.141. The Kier molecular flexibility index (Phi) is 4.60. The maximum atomic E-state index is 12.0. The van der Waals surface area contributed by atoms with E-state index in [1.54, 1.807) is 24.3 Å². The van der Waals surface area contributed by atoms with E-state index in [0.717, 1.165) is 5.56 Å². The van der Waals surface area contributed by atoms with Crippen LogP contribution < -0.4 is 9.47 Å². The van der Waals surface area contributed by atoms with Crippen molar-refractivity contribution in [1.82, 2.24) is 4.98 Å². The highest BCUT2D eigenvalue weighted by atomic mass is 16.7. The normalized spacial score (nSPS) is 11.9. The summed E-state index contributed by atoms with van der Waals surface area (Å²) in [4.78, 5) is 27.3. The molecule has 0 N–H and O–H groups in total. The van der Waals surface area contributed by atoms with E-state index in [1.807, 2.05) is 6.07 Å². The van der Waals surface area contributed by atoms with Crippen LogP contribution in [0.5, 0.6) is 11.5 Å². The van der Waals surface area contributed by atoms with Crippen LogP contribution in [0.2, 0.25) is 0 Å². The number of methoxy groups -OCH3 is 1. The molecule has 0 saturated heterocycles. The molecular formula is C17H15NO6. The predicted octanol–water partition coefficient (Wildman–Crippen LogP) is 2.20. The highest BCUT2D eigenvalue weighted by Gasteiger charge is 2.15. The Morgan fingerprint density at radius 1 is 1.17 bits per heavy atom. The zero-order valence-corrected chi connectivity index (χ0v) is 13.0. The van der Waals surface area contributed by atoms with Crippen LogP contribution >= 0.6 is 0 Å². The molecule has 3 rings (SSSR count). The van der Waals surface area contributed by atoms with E-state index in [1.165, 1.54) is 13.3 Å². The Bertz CT molecular complexity index is 773. The van der Waals surface area contributed by atoms with E-state index in [9.17, 15) is 9.59 Å². The fourth-order valence-corrected chi connectivity index (χ4v) is 2.18. The third-order valence-corrected chi connectivity index (χ3v) is 3.43. The monoisotopic (exact) mass is 329 g/mol. The Balaban J connectivity index is 1.72. The van der Waals surface area contributed by atoms with Gasteiger partial charge in [-0.3, -0.25) is 9.78 Å². The molecule has 1 aliphatic heterocycles. The SMILES string of the molecule is COC(=O)CCOC(=O)c1ccnc(-c2ccc3c(c2)OCO3)c1. The first kappa shape index (κ1) is 15.8. The summed E-state index contributed by atoms with van der Waals surface area (Å²) in [5, 5.41) is 0. The number of ether oxygens (including phenoxy) is 4. The first-order valence-corrected chi connectivity index (χ1v) is 7.27. The number of fused-ring (bicyclic) bond motifs is 1. The largest absolute Gasteiger partial charge is 0.469 e. The summed E-state index contributed by atoms with van der Waals surface area (Å²) in [6.07, 6.45) is 1.54. The molecule has 124 valence electrons. The van der Waals surface area contributed by atoms with E-state index < -0.39 is 11.9 Å². The van der Waals surface area contributed by atoms with Crippen LogP contribution in [0.1, 0.15) is 16.8 Å². The van der Waals surface area contributed by atoms with Gasteiger partial charge < -0.3 is 18.9 Å². The molecule has 1 aliphatic rings. The van der Waals surface area contributed by atoms with Crippen molar-refractivity contribution in [3.05, 3.63) is 42.1 Å². The summed E-state index contributed by atoms with van der Waals surface area (Å²) in [6.45, 7) is 0.159. The van der Waals surface area contributed by atoms with E-state index in [4.69, 9.17) is 14.2 Å². The predicted molar refractivity (Wildman–Crippen MR) is 82.7 cm³/mol. The van der Waals surface area contributed by atoms with Crippen molar-refractivity contribution in [1.29, 1.82) is 0 Å². The van der Waals surface area contributed by atoms with Gasteiger partial charge in [0.25, 0.3) is 0 Å². The Labute approximate surface area is 138 Å². The summed E-state index contributed by atoms with van der Waals surface area (Å²) < 4.78 is 20.2. The minimum atomic E-state index is -0.525. The highest BCUT2D eigenvalue weighted by Crippen LogP contribution is 2.35. The van der Waals surface area contributed by atoms with Crippen molar-refractivity contribution in [3.8, 4) is 22.8 Å². The van der Waals surface area contributed by atoms with Crippen LogP contribution in [-0.2, 0) is 14.3 Å². The van der Waals surface area contributed by atoms with Gasteiger partial charge in [-0.2, -0.15) is 0 Å². The molecule has 0 radical (unpaired) electrons. The zero-order valence-electron chi connectivity index (χ0n) is 13.0. The van der Waals surface area contributed by atoms with Crippen molar-refractivity contribution in [2.75, 3.05) is 20.5 Å². The van der Waals surface area contributed by atoms with Crippen LogP contribution in [0.15, 0.2) is 36.5 Å². The second-order valence-corrected chi connectivity index (χ2v) is 4.96. The van der Waals surface area contributed by atoms with Crippen molar-refractivity contribution >= 4 is 11.9 Å². The molecule has 0 fully saturated rings. The minimum absolute atomic E-state index is 0.0162. The van der Waals surface area contributed by atoms with Crippen LogP contribution in [0, 0.1) is 0 Å². The molecule has 1 aromatic carbocycles. The number of pyridine rings is 1. The molecule has 0 unspecified atom stereocenters. The van der Waals surface area contributed by atoms with Crippen molar-refractivity contribution in [3.63, 3.8) is 0 Å². The number of rotatable bonds is 5. The average molecular weight is 329 g/mol. The molecule has 24 heavy (non-hydrogen) atoms. The van der Waals surface area contributed by atoms with Crippen LogP contribution in [0.3, 0.4) is 0 Å². The van der Waals surface area contributed by atoms with Gasteiger partial charge in [0.1, 0.15) is 6.61 Å². The fourth-order valence-electron chi connectivity index (χ4n) is 2.18. The molecule has 0 bridgehead atoms. The molecule has 0 aliphatic carbocycles. The molecule has 1 aromatic heterocycles. The summed E-state index contributed by atoms with van der Waals surface area (Å²) in [7, 11) is 1.28. The van der Waals surface area contributed by atoms with E-state index >= 15 is 0 Å². The Morgan fingerprint density at radius 3 is 2.83 bits per heavy atom. The van der Waals surface area contributed by atoms with Crippen LogP contribution in [0.4, 0.5) is 0 Å². The number of nitrogens with zero attached hydrogens (tertiary/aromatic N) is 1. The lowest BCUT2D eigenvalue weighted by Gasteiger charge is -2.06. The number of esters is 2. The van der Waals surface area contributed by atoms with Gasteiger partial charge in [-0.1, -0.05) is 0 Å². The first-order valence-electron chi connectivity index (χ1n) is 7.27. The molecule has 0 atom stereocenters. The van der Waals surface area contributed by atoms with Crippen molar-refractivity contribution in [2.45, 2.75) is 6.42 Å². The van der Waals surface area contributed by atoms with Gasteiger partial charge in [0.05, 0.1) is 24.8 Å². The number of hydrogen-bond donors (Lipinski definition) is 0. The third-order valence-electron chi connectivity index (χ3n) is 3.43. The lowest BCUT2D eigenvalue weighted by atomic mass is 10.1. The van der Waals surface area contributed by atoms with E-state index in [0.29, 0.717) is 22.8 Å². The highest BCUT2D eigenvalue weighted by molar-refractivity contribution is 5.90. The minimum Gasteiger partial charge on any atom is -0.469 e. The molecule has 2 heterocycles. The van der Waals surface area contributed by atoms with Crippen molar-refractivity contribution < 1.29 is 28.5 Å². The molecule has 7 nitrogen and oxygen atoms in total. The van der Waals surface area contributed by atoms with Gasteiger partial charge in [-0.15, -0.1) is 0 Å². The molecule has 0 spiro atoms. The average Bonchev–Trinajstić information content (AvgIpc) is 3.09. The van der Waals surface area contributed by atoms with Gasteiger partial charge in [-0.05, 0) is 30.3 Å². The van der Waals surface area contributed by atoms with Gasteiger partial charge in [-0.25, -0.2) is 4.79 Å². The second-order valence-electron chi connectivity index (χ2n) is 4.96. The van der Waals surface area contributed by atoms with E-state index in [2.05, 4.69) is 9.72 Å². The Morgan fingerprint density at radius 2 is 2.00 bits per heavy atom. The van der Waals surface area contributed by atoms with Gasteiger partial charge in [0.2, 0.25) is 6.79 Å². The van der Waals surface area contributed by atoms with Crippen molar-refractivity contribution in [2.24, 2.45) is 0 Å². The number of aromatic nitrogens is 1. The quantitative estimate of drug-likeness (QED) is 0.777. The van der Waals surface area contributed by atoms with Crippen LogP contribution in [0.25, 0.3) is 11.3 Å². The fraction of sp³-hybridized carbons (Fsp3) is 0.235. The number of carbonyl (C=O) groups is 2. The van der Waals surface area contributed by atoms with Crippen LogP contribution in [-0.4, -0.2) is 37.4 Å². The molecular weight excluding hydrogens is 314 g/mol. The number of benzene rings is 1. The standard InChI is InChI=1S/C17H15NO6/c1-21-16(19)5-7-22-17(20)12-4-6-18-13(8-12)11-2-3-14-15(9-11)24-10-23-14/h2-4,6,8-9H,5,7,10H2,1H3. The smallest absolute Gasteiger partial charge is 0.338 e. The maximum absolute atomic E-state index is 12.0. The summed E-state index contributed by atoms with van der Waals surface area (Å²) >= 11 is 0. The molecule has 2 aromatic rings. The molecule has 0 saturated carbocycles. The van der Waals surface area contributed by atoms with E-state index in [-0.39, 0.29) is 19.8 Å².